The van der Waals surface area contributed by atoms with E-state index in [4.69, 9.17) is 28.8 Å². The van der Waals surface area contributed by atoms with Crippen molar-refractivity contribution in [1.29, 1.82) is 0 Å². The first-order chi connectivity index (χ1) is 13.2. The van der Waals surface area contributed by atoms with E-state index in [9.17, 15) is 4.57 Å². The van der Waals surface area contributed by atoms with Crippen LogP contribution in [-0.2, 0) is 22.9 Å². The minimum atomic E-state index is -3.65. The van der Waals surface area contributed by atoms with Gasteiger partial charge in [0.05, 0.1) is 25.6 Å². The second-order valence-electron chi connectivity index (χ2n) is 7.23. The van der Waals surface area contributed by atoms with E-state index in [1.165, 1.54) is 0 Å². The Balaban J connectivity index is 1.63. The Morgan fingerprint density at radius 3 is 2.96 bits per heavy atom. The molecule has 154 valence electrons. The van der Waals surface area contributed by atoms with Crippen molar-refractivity contribution in [2.45, 2.75) is 58.2 Å². The summed E-state index contributed by atoms with van der Waals surface area (Å²) >= 11 is 0. The molecular weight excluding hydrogens is 389 g/mol. The van der Waals surface area contributed by atoms with Crippen molar-refractivity contribution in [1.82, 2.24) is 19.5 Å². The largest absolute Gasteiger partial charge is 0.476 e. The second-order valence-corrected chi connectivity index (χ2v) is 8.77. The van der Waals surface area contributed by atoms with Crippen LogP contribution in [0.25, 0.3) is 11.2 Å². The minimum absolute atomic E-state index is 0.0775. The van der Waals surface area contributed by atoms with Gasteiger partial charge in [0, 0.05) is 6.42 Å². The molecule has 11 nitrogen and oxygen atoms in total. The summed E-state index contributed by atoms with van der Waals surface area (Å²) in [6.07, 6.45) is 0.832. The molecule has 2 aromatic heterocycles. The summed E-state index contributed by atoms with van der Waals surface area (Å²) in [5, 5.41) is 0. The lowest BCUT2D eigenvalue weighted by molar-refractivity contribution is -0.108. The molecule has 2 aromatic rings. The highest BCUT2D eigenvalue weighted by molar-refractivity contribution is 7.48. The van der Waals surface area contributed by atoms with Gasteiger partial charge in [0.25, 0.3) is 0 Å². The molecule has 2 saturated heterocycles. The third-order valence-electron chi connectivity index (χ3n) is 4.62. The summed E-state index contributed by atoms with van der Waals surface area (Å²) in [6, 6.07) is 0. The zero-order chi connectivity index (χ0) is 20.1. The molecular formula is C16H24N5O6P. The van der Waals surface area contributed by atoms with Crippen molar-refractivity contribution < 1.29 is 27.6 Å². The number of phosphoric acid groups is 1. The lowest BCUT2D eigenvalue weighted by Crippen LogP contribution is -2.44. The molecule has 0 aliphatic carbocycles. The summed E-state index contributed by atoms with van der Waals surface area (Å²) in [4.78, 5) is 12.7. The van der Waals surface area contributed by atoms with Crippen LogP contribution in [0.15, 0.2) is 6.33 Å². The predicted molar refractivity (Wildman–Crippen MR) is 98.7 cm³/mol. The highest BCUT2D eigenvalue weighted by Crippen LogP contribution is 2.61. The zero-order valence-corrected chi connectivity index (χ0v) is 17.1. The van der Waals surface area contributed by atoms with Gasteiger partial charge >= 0.3 is 7.82 Å². The van der Waals surface area contributed by atoms with E-state index in [-0.39, 0.29) is 18.7 Å². The van der Waals surface area contributed by atoms with E-state index >= 15 is 0 Å². The molecule has 4 unspecified atom stereocenters. The molecule has 0 saturated carbocycles. The van der Waals surface area contributed by atoms with Crippen molar-refractivity contribution in [2.75, 3.05) is 18.9 Å². The number of ether oxygens (including phenoxy) is 2. The van der Waals surface area contributed by atoms with Gasteiger partial charge in [-0.1, -0.05) is 0 Å². The monoisotopic (exact) mass is 413 g/mol. The molecule has 12 heteroatoms. The van der Waals surface area contributed by atoms with Crippen LogP contribution < -0.4 is 10.5 Å². The van der Waals surface area contributed by atoms with E-state index in [0.29, 0.717) is 30.1 Å². The lowest BCUT2D eigenvalue weighted by atomic mass is 9.98. The number of hydrogen-bond acceptors (Lipinski definition) is 10. The van der Waals surface area contributed by atoms with E-state index in [0.717, 1.165) is 0 Å². The number of nitrogens with zero attached hydrogens (tertiary/aromatic N) is 4. The second kappa shape index (κ2) is 6.93. The standard InChI is InChI=1S/C16H24N5O6P/c1-5-23-14-12-13(19-15(17)20-14)21(8-18-12)11-6-16(4)10(25-11)7-24-28(22,27-16)26-9(2)3/h8-11H,5-7H2,1-4H3,(H2,17,19,20). The number of imidazole rings is 1. The van der Waals surface area contributed by atoms with Crippen LogP contribution in [0.3, 0.4) is 0 Å². The molecule has 0 bridgehead atoms. The van der Waals surface area contributed by atoms with Gasteiger partial charge in [0.15, 0.2) is 11.2 Å². The smallest absolute Gasteiger partial charge is 0.475 e. The van der Waals surface area contributed by atoms with E-state index in [1.54, 1.807) is 24.7 Å². The SMILES string of the molecule is CCOc1nc(N)nc2c1ncn2C1CC2(C)OP(=O)(OC(C)C)OCC2O1. The van der Waals surface area contributed by atoms with Crippen molar-refractivity contribution in [3.05, 3.63) is 6.33 Å². The molecule has 0 spiro atoms. The Morgan fingerprint density at radius 1 is 1.46 bits per heavy atom. The van der Waals surface area contributed by atoms with Crippen LogP contribution in [-0.4, -0.2) is 50.5 Å². The zero-order valence-electron chi connectivity index (χ0n) is 16.2. The van der Waals surface area contributed by atoms with Crippen LogP contribution >= 0.6 is 7.82 Å². The molecule has 2 aliphatic heterocycles. The van der Waals surface area contributed by atoms with Gasteiger partial charge in [0.2, 0.25) is 11.8 Å². The number of nitrogen functional groups attached to an aromatic ring is 1. The maximum absolute atomic E-state index is 12.8. The average Bonchev–Trinajstić information content (AvgIpc) is 3.13. The number of nitrogens with two attached hydrogens (primary N) is 1. The molecule has 4 rings (SSSR count). The molecule has 2 N–H and O–H groups in total. The molecule has 2 fully saturated rings. The van der Waals surface area contributed by atoms with Gasteiger partial charge in [-0.15, -0.1) is 0 Å². The number of aromatic nitrogens is 4. The first kappa shape index (κ1) is 19.5. The van der Waals surface area contributed by atoms with E-state index in [2.05, 4.69) is 15.0 Å². The van der Waals surface area contributed by atoms with E-state index < -0.39 is 25.8 Å². The first-order valence-electron chi connectivity index (χ1n) is 9.15. The molecule has 0 aromatic carbocycles. The van der Waals surface area contributed by atoms with Gasteiger partial charge in [-0.25, -0.2) is 9.55 Å². The molecule has 4 atom stereocenters. The fourth-order valence-corrected chi connectivity index (χ4v) is 5.13. The Hall–Kier alpha value is -1.78. The summed E-state index contributed by atoms with van der Waals surface area (Å²) < 4.78 is 42.7. The number of hydrogen-bond donors (Lipinski definition) is 1. The van der Waals surface area contributed by atoms with E-state index in [1.807, 2.05) is 13.8 Å². The van der Waals surface area contributed by atoms with Gasteiger partial charge < -0.3 is 15.2 Å². The Labute approximate surface area is 162 Å². The highest BCUT2D eigenvalue weighted by Gasteiger charge is 2.56. The Morgan fingerprint density at radius 2 is 2.25 bits per heavy atom. The first-order valence-corrected chi connectivity index (χ1v) is 10.6. The van der Waals surface area contributed by atoms with Crippen LogP contribution in [0, 0.1) is 0 Å². The maximum atomic E-state index is 12.8. The third kappa shape index (κ3) is 3.37. The Kier molecular flexibility index (Phi) is 4.83. The number of anilines is 1. The molecule has 4 heterocycles. The lowest BCUT2D eigenvalue weighted by Gasteiger charge is -2.37. The van der Waals surface area contributed by atoms with Crippen molar-refractivity contribution >= 4 is 24.9 Å². The molecule has 28 heavy (non-hydrogen) atoms. The van der Waals surface area contributed by atoms with Gasteiger partial charge in [-0.05, 0) is 27.7 Å². The van der Waals surface area contributed by atoms with Crippen molar-refractivity contribution in [3.8, 4) is 5.88 Å². The van der Waals surface area contributed by atoms with Gasteiger partial charge in [-0.3, -0.25) is 18.1 Å². The molecule has 0 radical (unpaired) electrons. The van der Waals surface area contributed by atoms with Crippen LogP contribution in [0.2, 0.25) is 0 Å². The highest BCUT2D eigenvalue weighted by atomic mass is 31.2. The number of rotatable bonds is 5. The maximum Gasteiger partial charge on any atom is 0.475 e. The summed E-state index contributed by atoms with van der Waals surface area (Å²) in [5.74, 6) is 0.397. The van der Waals surface area contributed by atoms with Crippen molar-refractivity contribution in [3.63, 3.8) is 0 Å². The van der Waals surface area contributed by atoms with Gasteiger partial charge in [-0.2, -0.15) is 9.97 Å². The molecule has 0 amide bonds. The van der Waals surface area contributed by atoms with Crippen LogP contribution in [0.4, 0.5) is 5.95 Å². The Bertz CT molecular complexity index is 936. The fraction of sp³-hybridized carbons (Fsp3) is 0.688. The quantitative estimate of drug-likeness (QED) is 0.729. The summed E-state index contributed by atoms with van der Waals surface area (Å²) in [7, 11) is -3.65. The fourth-order valence-electron chi connectivity index (χ4n) is 3.44. The summed E-state index contributed by atoms with van der Waals surface area (Å²) in [6.45, 7) is 7.75. The third-order valence-corrected chi connectivity index (χ3v) is 6.41. The number of fused-ring (bicyclic) bond motifs is 2. The van der Waals surface area contributed by atoms with Crippen LogP contribution in [0.5, 0.6) is 5.88 Å². The normalized spacial score (nSPS) is 32.8. The molecule has 2 aliphatic rings. The minimum Gasteiger partial charge on any atom is -0.476 e. The predicted octanol–water partition coefficient (Wildman–Crippen LogP) is 2.43. The van der Waals surface area contributed by atoms with Crippen LogP contribution in [0.1, 0.15) is 40.3 Å². The van der Waals surface area contributed by atoms with Gasteiger partial charge in [0.1, 0.15) is 17.9 Å². The number of phosphoric ester groups is 1. The van der Waals surface area contributed by atoms with Crippen molar-refractivity contribution in [2.24, 2.45) is 0 Å². The topological polar surface area (TPSA) is 133 Å². The average molecular weight is 413 g/mol. The summed E-state index contributed by atoms with van der Waals surface area (Å²) in [5.41, 5.74) is 5.97.